The van der Waals surface area contributed by atoms with E-state index in [4.69, 9.17) is 14.8 Å². The summed E-state index contributed by atoms with van der Waals surface area (Å²) in [5.41, 5.74) is 0.228. The van der Waals surface area contributed by atoms with Crippen molar-refractivity contribution >= 4 is 32.7 Å². The predicted octanol–water partition coefficient (Wildman–Crippen LogP) is 8.34. The Morgan fingerprint density at radius 3 is 2.55 bits per heavy atom. The number of fused-ring (bicyclic) bond motifs is 8. The summed E-state index contributed by atoms with van der Waals surface area (Å²) in [7, 11) is 1.24. The molecule has 4 bridgehead atoms. The third kappa shape index (κ3) is 7.62. The number of amides is 1. The molecule has 3 aromatic carbocycles. The molecule has 6 rings (SSSR count). The first-order valence-corrected chi connectivity index (χ1v) is 19.2. The number of rotatable bonds is 4. The van der Waals surface area contributed by atoms with Crippen LogP contribution in [0.3, 0.4) is 0 Å². The largest absolute Gasteiger partial charge is 0.453 e. The first-order valence-electron chi connectivity index (χ1n) is 17.5. The second-order valence-electron chi connectivity index (χ2n) is 15.3. The monoisotopic (exact) mass is 747 g/mol. The summed E-state index contributed by atoms with van der Waals surface area (Å²) >= 11 is 0. The smallest absolute Gasteiger partial charge is 0.225 e. The number of H-pyrrole nitrogens is 1. The number of ether oxygens (including phenoxy) is 1. The number of carbonyl (C=O) groups excluding carboxylic acids is 1. The van der Waals surface area contributed by atoms with Crippen LogP contribution in [0.2, 0.25) is 0 Å². The summed E-state index contributed by atoms with van der Waals surface area (Å²) in [5, 5.41) is 6.02. The Labute approximate surface area is 307 Å². The molecule has 0 spiro atoms. The van der Waals surface area contributed by atoms with Gasteiger partial charge in [-0.3, -0.25) is 4.79 Å². The van der Waals surface area contributed by atoms with E-state index in [-0.39, 0.29) is 51.2 Å². The highest BCUT2D eigenvalue weighted by Gasteiger charge is 2.36. The van der Waals surface area contributed by atoms with Gasteiger partial charge in [-0.05, 0) is 73.1 Å². The molecule has 0 saturated heterocycles. The Balaban J connectivity index is 1.51. The van der Waals surface area contributed by atoms with E-state index < -0.39 is 43.9 Å². The number of nitrogens with one attached hydrogen (secondary N) is 1. The number of hydrogen-bond donors (Lipinski definition) is 1. The first kappa shape index (κ1) is 37.8. The van der Waals surface area contributed by atoms with Gasteiger partial charge in [0, 0.05) is 49.6 Å². The highest BCUT2D eigenvalue weighted by molar-refractivity contribution is 7.94. The number of aryl methyl sites for hydroxylation is 1. The Hall–Kier alpha value is -4.91. The van der Waals surface area contributed by atoms with Crippen molar-refractivity contribution in [1.82, 2.24) is 24.6 Å². The molecule has 1 amide bonds. The lowest BCUT2D eigenvalue weighted by molar-refractivity contribution is -0.132. The van der Waals surface area contributed by atoms with E-state index in [1.165, 1.54) is 35.2 Å². The van der Waals surface area contributed by atoms with Gasteiger partial charge in [-0.2, -0.15) is 9.49 Å². The molecule has 3 heterocycles. The maximum atomic E-state index is 15.7. The maximum Gasteiger partial charge on any atom is 0.225 e. The molecule has 9 nitrogen and oxygen atoms in total. The lowest BCUT2D eigenvalue weighted by Crippen LogP contribution is -2.29. The van der Waals surface area contributed by atoms with E-state index in [1.54, 1.807) is 26.0 Å². The van der Waals surface area contributed by atoms with Gasteiger partial charge in [0.25, 0.3) is 0 Å². The number of hydrogen-bond acceptors (Lipinski definition) is 6. The number of sulfone groups is 1. The summed E-state index contributed by atoms with van der Waals surface area (Å²) in [6.45, 7) is 7.65. The fourth-order valence-electron chi connectivity index (χ4n) is 7.27. The van der Waals surface area contributed by atoms with Crippen LogP contribution in [0.4, 0.5) is 13.2 Å². The van der Waals surface area contributed by atoms with Gasteiger partial charge < -0.3 is 14.6 Å². The number of nitrogens with zero attached hydrogens (tertiary/aromatic N) is 4. The zero-order chi connectivity index (χ0) is 38.5. The standard InChI is InChI=1S/C40H44F3N5O4S/c1-24(37(49)47(5)6)20-25-10-8-11-26(21-25)40(4)17-9-16-39(2,3)23-53(50,51)19-15-29-28-14-18-44-34(28)32(42)33(43)35(29)52-27-12-13-31(41)30(22-27)36-45-38(40)46-48(36)7/h8,10-15,18-19,21-22,24,44H,9,16-17,20,23H2,1-7H3/b19-15+/t24-,40-/m1/s1. The van der Waals surface area contributed by atoms with Gasteiger partial charge in [0.05, 0.1) is 22.2 Å². The van der Waals surface area contributed by atoms with Crippen LogP contribution in [0.1, 0.15) is 69.5 Å². The minimum absolute atomic E-state index is 0.00735. The molecule has 2 aromatic heterocycles. The van der Waals surface area contributed by atoms with Gasteiger partial charge >= 0.3 is 0 Å². The van der Waals surface area contributed by atoms with E-state index >= 15 is 13.2 Å². The SMILES string of the molecule is C[C@H](Cc1cccc([C@@]2(C)CCCC(C)(C)CS(=O)(=O)/C=C/c3c(c(F)c(F)c4[nH]ccc34)Oc3ccc(F)c(c3)-c3nc2nn3C)c1)C(=O)N(C)C. The number of halogens is 3. The van der Waals surface area contributed by atoms with E-state index in [0.29, 0.717) is 31.5 Å². The van der Waals surface area contributed by atoms with Crippen LogP contribution in [0, 0.1) is 28.8 Å². The van der Waals surface area contributed by atoms with E-state index in [2.05, 4.69) is 4.98 Å². The van der Waals surface area contributed by atoms with Crippen LogP contribution in [0.15, 0.2) is 60.1 Å². The zero-order valence-corrected chi connectivity index (χ0v) is 31.7. The molecule has 0 radical (unpaired) electrons. The Bertz CT molecular complexity index is 2350. The van der Waals surface area contributed by atoms with Gasteiger partial charge in [-0.1, -0.05) is 51.5 Å². The molecule has 1 aliphatic heterocycles. The second-order valence-corrected chi connectivity index (χ2v) is 17.1. The molecule has 1 aliphatic rings. The first-order chi connectivity index (χ1) is 24.9. The maximum absolute atomic E-state index is 15.7. The van der Waals surface area contributed by atoms with E-state index in [0.717, 1.165) is 22.6 Å². The fourth-order valence-corrected chi connectivity index (χ4v) is 8.94. The van der Waals surface area contributed by atoms with Gasteiger partial charge in [-0.15, -0.1) is 0 Å². The third-order valence-electron chi connectivity index (χ3n) is 10.1. The van der Waals surface area contributed by atoms with Crippen molar-refractivity contribution in [3.8, 4) is 22.9 Å². The fraction of sp³-hybridized carbons (Fsp3) is 0.375. The van der Waals surface area contributed by atoms with Crippen molar-refractivity contribution in [2.75, 3.05) is 19.8 Å². The normalized spacial score (nSPS) is 19.7. The van der Waals surface area contributed by atoms with Crippen molar-refractivity contribution < 1.29 is 31.1 Å². The number of aromatic amines is 1. The summed E-state index contributed by atoms with van der Waals surface area (Å²) in [5.74, 6) is -3.59. The zero-order valence-electron chi connectivity index (χ0n) is 30.9. The quantitative estimate of drug-likeness (QED) is 0.198. The molecule has 1 N–H and O–H groups in total. The molecule has 5 aromatic rings. The van der Waals surface area contributed by atoms with Gasteiger partial charge in [0.1, 0.15) is 11.6 Å². The van der Waals surface area contributed by atoms with Crippen molar-refractivity contribution in [2.24, 2.45) is 18.4 Å². The van der Waals surface area contributed by atoms with Crippen LogP contribution in [-0.4, -0.2) is 58.8 Å². The van der Waals surface area contributed by atoms with Crippen molar-refractivity contribution in [1.29, 1.82) is 0 Å². The molecule has 13 heteroatoms. The predicted molar refractivity (Wildman–Crippen MR) is 200 cm³/mol. The summed E-state index contributed by atoms with van der Waals surface area (Å²) in [6.07, 6.45) is 4.79. The molecule has 0 saturated carbocycles. The topological polar surface area (TPSA) is 110 Å². The van der Waals surface area contributed by atoms with Gasteiger partial charge in [-0.25, -0.2) is 26.9 Å². The average Bonchev–Trinajstić information content (AvgIpc) is 3.74. The molecule has 0 unspecified atom stereocenters. The van der Waals surface area contributed by atoms with Crippen LogP contribution >= 0.6 is 0 Å². The van der Waals surface area contributed by atoms with Crippen LogP contribution in [0.5, 0.6) is 11.5 Å². The lowest BCUT2D eigenvalue weighted by Gasteiger charge is -2.30. The molecule has 0 aliphatic carbocycles. The molecular weight excluding hydrogens is 704 g/mol. The second kappa shape index (κ2) is 14.1. The van der Waals surface area contributed by atoms with E-state index in [1.807, 2.05) is 52.0 Å². The van der Waals surface area contributed by atoms with Crippen molar-refractivity contribution in [3.05, 3.63) is 100 Å². The Morgan fingerprint density at radius 2 is 1.81 bits per heavy atom. The summed E-state index contributed by atoms with van der Waals surface area (Å²) < 4.78 is 81.2. The van der Waals surface area contributed by atoms with Gasteiger partial charge in [0.2, 0.25) is 11.7 Å². The van der Waals surface area contributed by atoms with Crippen molar-refractivity contribution in [2.45, 2.75) is 58.8 Å². The van der Waals surface area contributed by atoms with Crippen LogP contribution in [0.25, 0.3) is 28.4 Å². The number of aromatic nitrogens is 4. The van der Waals surface area contributed by atoms with Crippen LogP contribution < -0.4 is 4.74 Å². The number of carbonyl (C=O) groups is 1. The van der Waals surface area contributed by atoms with Gasteiger partial charge in [0.15, 0.2) is 33.1 Å². The highest BCUT2D eigenvalue weighted by Crippen LogP contribution is 2.41. The Kier molecular flexibility index (Phi) is 10.1. The minimum Gasteiger partial charge on any atom is -0.453 e. The molecular formula is C40H44F3N5O4S. The third-order valence-corrected chi connectivity index (χ3v) is 11.8. The molecule has 280 valence electrons. The summed E-state index contributed by atoms with van der Waals surface area (Å²) in [6, 6.07) is 13.2. The molecule has 0 fully saturated rings. The summed E-state index contributed by atoms with van der Waals surface area (Å²) in [4.78, 5) is 21.8. The molecule has 2 atom stereocenters. The Morgan fingerprint density at radius 1 is 1.06 bits per heavy atom. The van der Waals surface area contributed by atoms with Crippen LogP contribution in [-0.2, 0) is 33.5 Å². The van der Waals surface area contributed by atoms with Crippen molar-refractivity contribution in [3.63, 3.8) is 0 Å². The molecule has 53 heavy (non-hydrogen) atoms. The number of benzene rings is 3. The lowest BCUT2D eigenvalue weighted by atomic mass is 9.75. The average molecular weight is 748 g/mol. The highest BCUT2D eigenvalue weighted by atomic mass is 32.2. The van der Waals surface area contributed by atoms with E-state index in [9.17, 15) is 13.2 Å². The minimum atomic E-state index is -3.87.